The van der Waals surface area contributed by atoms with E-state index in [2.05, 4.69) is 174 Å². The van der Waals surface area contributed by atoms with Crippen LogP contribution in [0.2, 0.25) is 0 Å². The molecular weight excluding hydrogens is 655 g/mol. The van der Waals surface area contributed by atoms with Gasteiger partial charge in [0, 0.05) is 28.9 Å². The molecule has 0 N–H and O–H groups in total. The summed E-state index contributed by atoms with van der Waals surface area (Å²) in [6.45, 7) is 13.4. The molecule has 54 heavy (non-hydrogen) atoms. The number of aromatic nitrogens is 2. The van der Waals surface area contributed by atoms with Crippen LogP contribution >= 0.6 is 0 Å². The number of anilines is 3. The van der Waals surface area contributed by atoms with Crippen LogP contribution in [0.3, 0.4) is 0 Å². The van der Waals surface area contributed by atoms with Gasteiger partial charge in [-0.15, -0.1) is 0 Å². The maximum Gasteiger partial charge on any atom is 0.161 e. The molecule has 0 fully saturated rings. The van der Waals surface area contributed by atoms with Crippen LogP contribution in [0.4, 0.5) is 17.2 Å². The lowest BCUT2D eigenvalue weighted by molar-refractivity contribution is 0.919. The van der Waals surface area contributed by atoms with Gasteiger partial charge in [0.15, 0.2) is 5.82 Å². The van der Waals surface area contributed by atoms with E-state index in [1.54, 1.807) is 0 Å². The van der Waals surface area contributed by atoms with Crippen LogP contribution in [-0.4, -0.2) is 9.97 Å². The van der Waals surface area contributed by atoms with Crippen LogP contribution in [0, 0.1) is 41.5 Å². The van der Waals surface area contributed by atoms with E-state index >= 15 is 0 Å². The summed E-state index contributed by atoms with van der Waals surface area (Å²) in [6.07, 6.45) is 1.87. The van der Waals surface area contributed by atoms with Gasteiger partial charge >= 0.3 is 0 Å². The Morgan fingerprint density at radius 3 is 1.54 bits per heavy atom. The van der Waals surface area contributed by atoms with E-state index in [0.29, 0.717) is 5.82 Å². The number of hydrogen-bond acceptors (Lipinski definition) is 3. The van der Waals surface area contributed by atoms with Gasteiger partial charge in [0.05, 0.1) is 5.69 Å². The van der Waals surface area contributed by atoms with Crippen molar-refractivity contribution in [2.45, 2.75) is 47.5 Å². The molecule has 0 spiro atoms. The number of rotatable bonds is 8. The zero-order valence-electron chi connectivity index (χ0n) is 31.9. The van der Waals surface area contributed by atoms with E-state index in [1.807, 2.05) is 30.5 Å². The zero-order valence-corrected chi connectivity index (χ0v) is 31.9. The van der Waals surface area contributed by atoms with Gasteiger partial charge in [-0.1, -0.05) is 132 Å². The summed E-state index contributed by atoms with van der Waals surface area (Å²) in [4.78, 5) is 12.3. The van der Waals surface area contributed by atoms with E-state index < -0.39 is 0 Å². The van der Waals surface area contributed by atoms with Crippen molar-refractivity contribution in [3.63, 3.8) is 0 Å². The number of benzene rings is 7. The first-order valence-corrected chi connectivity index (χ1v) is 18.8. The minimum Gasteiger partial charge on any atom is -0.294 e. The van der Waals surface area contributed by atoms with Crippen molar-refractivity contribution >= 4 is 28.0 Å². The average molecular weight is 700 g/mol. The number of aryl methyl sites for hydroxylation is 6. The van der Waals surface area contributed by atoms with Gasteiger partial charge in [-0.25, -0.2) is 9.97 Å². The fourth-order valence-corrected chi connectivity index (χ4v) is 8.44. The van der Waals surface area contributed by atoms with Crippen LogP contribution in [0.5, 0.6) is 0 Å². The van der Waals surface area contributed by atoms with E-state index in [-0.39, 0.29) is 5.92 Å². The molecule has 3 nitrogen and oxygen atoms in total. The van der Waals surface area contributed by atoms with Crippen LogP contribution in [0.15, 0.2) is 158 Å². The first-order chi connectivity index (χ1) is 26.2. The maximum absolute atomic E-state index is 5.24. The number of fused-ring (bicyclic) bond motifs is 1. The summed E-state index contributed by atoms with van der Waals surface area (Å²) in [5, 5.41) is 2.36. The predicted molar refractivity (Wildman–Crippen MR) is 227 cm³/mol. The molecule has 0 saturated heterocycles. The van der Waals surface area contributed by atoms with E-state index in [0.717, 1.165) is 33.9 Å². The summed E-state index contributed by atoms with van der Waals surface area (Å²) < 4.78 is 0. The number of nitrogens with zero attached hydrogens (tertiary/aromatic N) is 3. The van der Waals surface area contributed by atoms with Crippen LogP contribution < -0.4 is 4.90 Å². The zero-order chi connectivity index (χ0) is 37.3. The topological polar surface area (TPSA) is 29.0 Å². The van der Waals surface area contributed by atoms with Crippen molar-refractivity contribution in [2.24, 2.45) is 0 Å². The first kappa shape index (κ1) is 34.7. The normalized spacial score (nSPS) is 11.3. The van der Waals surface area contributed by atoms with Crippen LogP contribution in [-0.2, 0) is 0 Å². The largest absolute Gasteiger partial charge is 0.294 e. The molecule has 0 atom stereocenters. The van der Waals surface area contributed by atoms with Gasteiger partial charge < -0.3 is 0 Å². The summed E-state index contributed by atoms with van der Waals surface area (Å²) >= 11 is 0. The van der Waals surface area contributed by atoms with Gasteiger partial charge in [0.1, 0.15) is 5.82 Å². The third-order valence-electron chi connectivity index (χ3n) is 10.6. The molecule has 0 amide bonds. The molecule has 0 radical (unpaired) electrons. The van der Waals surface area contributed by atoms with E-state index in [1.165, 1.54) is 60.8 Å². The molecule has 7 aromatic carbocycles. The molecule has 0 unspecified atom stereocenters. The molecule has 0 saturated carbocycles. The minimum atomic E-state index is 0.0815. The van der Waals surface area contributed by atoms with Gasteiger partial charge in [0.2, 0.25) is 0 Å². The Labute approximate surface area is 319 Å². The summed E-state index contributed by atoms with van der Waals surface area (Å²) in [5.41, 5.74) is 17.2. The monoisotopic (exact) mass is 699 g/mol. The third kappa shape index (κ3) is 6.70. The predicted octanol–water partition coefficient (Wildman–Crippen LogP) is 13.5. The lowest BCUT2D eigenvalue weighted by atomic mass is 9.77. The SMILES string of the molecule is Cc1cc(C)c(C(c2ccc(N(c3ccnc(-c4ccccc4)n3)c3cc4ccccc4cc3-c3ccccc3)cc2)c2c(C)cc(C)cc2C)c(C)c1. The Balaban J connectivity index is 1.35. The maximum atomic E-state index is 5.24. The van der Waals surface area contributed by atoms with Crippen molar-refractivity contribution in [3.8, 4) is 22.5 Å². The van der Waals surface area contributed by atoms with Crippen molar-refractivity contribution in [1.82, 2.24) is 9.97 Å². The average Bonchev–Trinajstić information content (AvgIpc) is 3.17. The summed E-state index contributed by atoms with van der Waals surface area (Å²) in [5.74, 6) is 1.57. The highest BCUT2D eigenvalue weighted by Gasteiger charge is 2.26. The van der Waals surface area contributed by atoms with Crippen molar-refractivity contribution in [3.05, 3.63) is 208 Å². The molecule has 264 valence electrons. The Kier molecular flexibility index (Phi) is 9.40. The van der Waals surface area contributed by atoms with E-state index in [9.17, 15) is 0 Å². The quantitative estimate of drug-likeness (QED) is 0.148. The molecule has 1 heterocycles. The number of hydrogen-bond donors (Lipinski definition) is 0. The lowest BCUT2D eigenvalue weighted by Gasteiger charge is -2.29. The molecule has 1 aromatic heterocycles. The molecule has 8 rings (SSSR count). The Bertz CT molecular complexity index is 2500. The first-order valence-electron chi connectivity index (χ1n) is 18.8. The fourth-order valence-electron chi connectivity index (χ4n) is 8.44. The molecule has 8 aromatic rings. The van der Waals surface area contributed by atoms with Crippen molar-refractivity contribution in [2.75, 3.05) is 4.90 Å². The minimum absolute atomic E-state index is 0.0815. The standard InChI is InChI=1S/C51H45N3/c1-33-27-35(3)48(36(4)28-33)50(49-37(5)29-34(2)30-38(49)6)40-21-23-44(24-22-40)54(47-25-26-52-51(53-47)41-17-11-8-12-18-41)46-32-43-20-14-13-19-42(43)31-45(46)39-15-9-7-10-16-39/h7-32,50H,1-6H3. The van der Waals surface area contributed by atoms with Crippen molar-refractivity contribution < 1.29 is 0 Å². The fraction of sp³-hybridized carbons (Fsp3) is 0.137. The molecule has 0 aliphatic rings. The third-order valence-corrected chi connectivity index (χ3v) is 10.6. The molecule has 0 aliphatic carbocycles. The summed E-state index contributed by atoms with van der Waals surface area (Å²) in [6, 6.07) is 54.6. The smallest absolute Gasteiger partial charge is 0.161 e. The molecule has 0 aliphatic heterocycles. The molecule has 3 heteroatoms. The Morgan fingerprint density at radius 2 is 0.981 bits per heavy atom. The van der Waals surface area contributed by atoms with Crippen LogP contribution in [0.25, 0.3) is 33.3 Å². The second-order valence-electron chi connectivity index (χ2n) is 14.7. The Hall–Kier alpha value is -6.32. The Morgan fingerprint density at radius 1 is 0.481 bits per heavy atom. The molecular formula is C51H45N3. The van der Waals surface area contributed by atoms with Gasteiger partial charge in [-0.2, -0.15) is 0 Å². The molecule has 0 bridgehead atoms. The highest BCUT2D eigenvalue weighted by atomic mass is 15.2. The van der Waals surface area contributed by atoms with Gasteiger partial charge in [0.25, 0.3) is 0 Å². The highest BCUT2D eigenvalue weighted by Crippen LogP contribution is 2.45. The second kappa shape index (κ2) is 14.6. The van der Waals surface area contributed by atoms with Crippen molar-refractivity contribution in [1.29, 1.82) is 0 Å². The lowest BCUT2D eigenvalue weighted by Crippen LogP contribution is -2.15. The second-order valence-corrected chi connectivity index (χ2v) is 14.7. The summed E-state index contributed by atoms with van der Waals surface area (Å²) in [7, 11) is 0. The highest BCUT2D eigenvalue weighted by molar-refractivity contribution is 5.98. The van der Waals surface area contributed by atoms with Gasteiger partial charge in [-0.05, 0) is 127 Å². The van der Waals surface area contributed by atoms with Gasteiger partial charge in [-0.3, -0.25) is 4.90 Å². The van der Waals surface area contributed by atoms with E-state index in [4.69, 9.17) is 9.97 Å². The van der Waals surface area contributed by atoms with Crippen LogP contribution in [0.1, 0.15) is 56.0 Å².